The Morgan fingerprint density at radius 1 is 1.67 bits per heavy atom. The van der Waals surface area contributed by atoms with Gasteiger partial charge in [0, 0.05) is 18.2 Å². The highest BCUT2D eigenvalue weighted by atomic mass is 32.9. The number of thiol groups is 1. The number of hydrogen-bond acceptors (Lipinski definition) is 6. The maximum absolute atomic E-state index is 11.8. The van der Waals surface area contributed by atoms with Crippen LogP contribution >= 0.6 is 17.9 Å². The lowest BCUT2D eigenvalue weighted by molar-refractivity contribution is -0.0416. The molecule has 0 spiro atoms. The zero-order valence-electron chi connectivity index (χ0n) is 11.0. The van der Waals surface area contributed by atoms with Gasteiger partial charge in [0.15, 0.2) is 0 Å². The minimum atomic E-state index is -3.22. The molecule has 1 aliphatic heterocycles. The van der Waals surface area contributed by atoms with Gasteiger partial charge < -0.3 is 19.3 Å². The third-order valence-corrected chi connectivity index (χ3v) is 4.18. The van der Waals surface area contributed by atoms with Gasteiger partial charge in [-0.1, -0.05) is 12.2 Å². The summed E-state index contributed by atoms with van der Waals surface area (Å²) in [7, 11) is 0. The second kappa shape index (κ2) is 6.33. The smallest absolute Gasteiger partial charge is 0.330 e. The van der Waals surface area contributed by atoms with Gasteiger partial charge in [0.25, 0.3) is 5.56 Å². The van der Waals surface area contributed by atoms with Crippen LogP contribution in [0.15, 0.2) is 15.8 Å². The molecule has 0 bridgehead atoms. The molecular weight excluding hydrogens is 339 g/mol. The Morgan fingerprint density at radius 2 is 2.33 bits per heavy atom. The van der Waals surface area contributed by atoms with Crippen molar-refractivity contribution in [3.8, 4) is 0 Å². The molecule has 1 aliphatic rings. The Labute approximate surface area is 130 Å². The van der Waals surface area contributed by atoms with E-state index in [2.05, 4.69) is 17.2 Å². The first kappa shape index (κ1) is 16.9. The van der Waals surface area contributed by atoms with Crippen LogP contribution in [0.3, 0.4) is 0 Å². The molecule has 2 rings (SSSR count). The Balaban J connectivity index is 2.27. The number of hydrogen-bond donors (Lipinski definition) is 4. The summed E-state index contributed by atoms with van der Waals surface area (Å²) in [6, 6.07) is 0. The van der Waals surface area contributed by atoms with E-state index in [4.69, 9.17) is 21.1 Å². The van der Waals surface area contributed by atoms with Crippen molar-refractivity contribution >= 4 is 29.7 Å². The third-order valence-electron chi connectivity index (χ3n) is 3.09. The number of aryl methyl sites for hydroxylation is 1. The second-order valence-corrected chi connectivity index (χ2v) is 9.78. The molecule has 11 heteroatoms. The zero-order valence-corrected chi connectivity index (χ0v) is 13.6. The monoisotopic (exact) mass is 354 g/mol. The molecule has 1 aromatic heterocycles. The Kier molecular flexibility index (Phi) is 5.09. The standard InChI is InChI=1S/C10H15N2O6PS2/c1-5-3-12(10(15)11-9(5)14)8-2-6(7(4-13)17-8)18-19(16,20)21/h3,6-8,13H,2,4H2,1H3,(H,11,14,15)(H2,16,20,21)/t6-,7+,8+/m0/s1. The van der Waals surface area contributed by atoms with Crippen LogP contribution in [0.5, 0.6) is 0 Å². The second-order valence-electron chi connectivity index (χ2n) is 4.66. The molecule has 1 aromatic rings. The van der Waals surface area contributed by atoms with Crippen LogP contribution in [-0.2, 0) is 21.1 Å². The lowest BCUT2D eigenvalue weighted by atomic mass is 10.2. The molecule has 118 valence electrons. The molecule has 21 heavy (non-hydrogen) atoms. The summed E-state index contributed by atoms with van der Waals surface area (Å²) in [5, 5.41) is 9.29. The molecule has 1 unspecified atom stereocenters. The molecule has 0 radical (unpaired) electrons. The van der Waals surface area contributed by atoms with Crippen molar-refractivity contribution in [1.82, 2.24) is 9.55 Å². The molecule has 3 N–H and O–H groups in total. The number of nitrogens with zero attached hydrogens (tertiary/aromatic N) is 1. The fraction of sp³-hybridized carbons (Fsp3) is 0.600. The van der Waals surface area contributed by atoms with Gasteiger partial charge in [0.2, 0.25) is 5.69 Å². The van der Waals surface area contributed by atoms with Crippen molar-refractivity contribution in [3.05, 3.63) is 32.6 Å². The molecule has 4 atom stereocenters. The predicted octanol–water partition coefficient (Wildman–Crippen LogP) is -0.343. The summed E-state index contributed by atoms with van der Waals surface area (Å²) in [5.41, 5.74) is -3.96. The normalized spacial score (nSPS) is 28.5. The maximum atomic E-state index is 11.8. The van der Waals surface area contributed by atoms with Crippen LogP contribution in [0.1, 0.15) is 18.2 Å². The van der Waals surface area contributed by atoms with Crippen LogP contribution in [0.25, 0.3) is 0 Å². The van der Waals surface area contributed by atoms with Crippen LogP contribution in [0.4, 0.5) is 0 Å². The number of aromatic nitrogens is 2. The van der Waals surface area contributed by atoms with Crippen LogP contribution in [0, 0.1) is 6.92 Å². The largest absolute Gasteiger partial charge is 0.394 e. The van der Waals surface area contributed by atoms with Crippen LogP contribution in [-0.4, -0.2) is 38.4 Å². The third kappa shape index (κ3) is 4.04. The first-order chi connectivity index (χ1) is 9.71. The van der Waals surface area contributed by atoms with E-state index >= 15 is 0 Å². The van der Waals surface area contributed by atoms with Gasteiger partial charge >= 0.3 is 5.69 Å². The average molecular weight is 354 g/mol. The zero-order chi connectivity index (χ0) is 15.8. The summed E-state index contributed by atoms with van der Waals surface area (Å²) < 4.78 is 12.0. The fourth-order valence-corrected chi connectivity index (χ4v) is 3.39. The van der Waals surface area contributed by atoms with Gasteiger partial charge in [0.05, 0.1) is 12.7 Å². The lowest BCUT2D eigenvalue weighted by Gasteiger charge is -2.19. The van der Waals surface area contributed by atoms with Gasteiger partial charge in [-0.05, 0) is 18.7 Å². The topological polar surface area (TPSA) is 114 Å². The average Bonchev–Trinajstić information content (AvgIpc) is 2.74. The van der Waals surface area contributed by atoms with E-state index in [-0.39, 0.29) is 13.0 Å². The lowest BCUT2D eigenvalue weighted by Crippen LogP contribution is -2.33. The fourth-order valence-electron chi connectivity index (χ4n) is 2.12. The molecule has 0 aliphatic carbocycles. The number of H-pyrrole nitrogens is 1. The highest BCUT2D eigenvalue weighted by Gasteiger charge is 2.39. The quantitative estimate of drug-likeness (QED) is 0.432. The van der Waals surface area contributed by atoms with Gasteiger partial charge in [-0.15, -0.1) is 0 Å². The van der Waals surface area contributed by atoms with Crippen molar-refractivity contribution in [2.45, 2.75) is 31.8 Å². The van der Waals surface area contributed by atoms with Crippen molar-refractivity contribution in [1.29, 1.82) is 0 Å². The molecule has 2 heterocycles. The van der Waals surface area contributed by atoms with Crippen LogP contribution < -0.4 is 11.2 Å². The first-order valence-corrected chi connectivity index (χ1v) is 9.86. The first-order valence-electron chi connectivity index (χ1n) is 6.03. The predicted molar refractivity (Wildman–Crippen MR) is 82.0 cm³/mol. The molecule has 0 saturated carbocycles. The summed E-state index contributed by atoms with van der Waals surface area (Å²) in [6.45, 7) is 1.20. The minimum absolute atomic E-state index is 0.191. The summed E-state index contributed by atoms with van der Waals surface area (Å²) in [5.74, 6) is 0. The van der Waals surface area contributed by atoms with Crippen LogP contribution in [0.2, 0.25) is 0 Å². The van der Waals surface area contributed by atoms with E-state index in [1.165, 1.54) is 10.8 Å². The van der Waals surface area contributed by atoms with E-state index in [0.29, 0.717) is 5.56 Å². The SMILES string of the molecule is Cc1cn([C@H]2C[C@H](OP(O)(=S)S)[C@@H](CO)O2)c(=O)[nH]c1=O. The highest BCUT2D eigenvalue weighted by molar-refractivity contribution is 8.59. The number of rotatable bonds is 4. The minimum Gasteiger partial charge on any atom is -0.394 e. The van der Waals surface area contributed by atoms with E-state index in [9.17, 15) is 19.6 Å². The van der Waals surface area contributed by atoms with Crippen molar-refractivity contribution in [2.24, 2.45) is 0 Å². The number of nitrogens with one attached hydrogen (secondary N) is 1. The molecule has 1 fully saturated rings. The molecule has 0 amide bonds. The Hall–Kier alpha value is -0.480. The van der Waals surface area contributed by atoms with Crippen molar-refractivity contribution in [3.63, 3.8) is 0 Å². The van der Waals surface area contributed by atoms with Gasteiger partial charge in [-0.25, -0.2) is 4.79 Å². The van der Waals surface area contributed by atoms with Gasteiger partial charge in [-0.3, -0.25) is 14.3 Å². The Bertz CT molecular complexity index is 683. The molecule has 1 saturated heterocycles. The van der Waals surface area contributed by atoms with Gasteiger partial charge in [0.1, 0.15) is 12.3 Å². The molecular formula is C10H15N2O6PS2. The highest BCUT2D eigenvalue weighted by Crippen LogP contribution is 2.51. The number of aromatic amines is 1. The van der Waals surface area contributed by atoms with E-state index in [1.54, 1.807) is 6.92 Å². The summed E-state index contributed by atoms with van der Waals surface area (Å²) in [4.78, 5) is 34.8. The number of aliphatic hydroxyl groups excluding tert-OH is 1. The maximum Gasteiger partial charge on any atom is 0.330 e. The van der Waals surface area contributed by atoms with E-state index in [1.807, 2.05) is 0 Å². The van der Waals surface area contributed by atoms with Crippen molar-refractivity contribution in [2.75, 3.05) is 6.61 Å². The van der Waals surface area contributed by atoms with Crippen molar-refractivity contribution < 1.29 is 19.3 Å². The number of ether oxygens (including phenoxy) is 1. The summed E-state index contributed by atoms with van der Waals surface area (Å²) >= 11 is 8.48. The number of aliphatic hydroxyl groups is 1. The Morgan fingerprint density at radius 3 is 2.90 bits per heavy atom. The van der Waals surface area contributed by atoms with Gasteiger partial charge in [-0.2, -0.15) is 0 Å². The summed E-state index contributed by atoms with van der Waals surface area (Å²) in [6.07, 6.45) is -0.595. The van der Waals surface area contributed by atoms with E-state index in [0.717, 1.165) is 0 Å². The molecule has 0 aromatic carbocycles. The molecule has 8 nitrogen and oxygen atoms in total. The van der Waals surface area contributed by atoms with E-state index < -0.39 is 35.4 Å².